The van der Waals surface area contributed by atoms with E-state index in [-0.39, 0.29) is 56.4 Å². The maximum atomic E-state index is 15.0. The summed E-state index contributed by atoms with van der Waals surface area (Å²) < 4.78 is 20.9. The van der Waals surface area contributed by atoms with E-state index in [4.69, 9.17) is 4.74 Å². The van der Waals surface area contributed by atoms with Crippen LogP contribution in [0.15, 0.2) is 109 Å². The van der Waals surface area contributed by atoms with Crippen molar-refractivity contribution in [2.24, 2.45) is 5.92 Å². The lowest BCUT2D eigenvalue weighted by Gasteiger charge is -2.36. The molecule has 4 heterocycles. The average Bonchev–Trinajstić information content (AvgIpc) is 2.70. The third-order valence-corrected chi connectivity index (χ3v) is 17.9. The number of aromatic amines is 1. The Kier molecular flexibility index (Phi) is 22.7. The highest BCUT2D eigenvalue weighted by molar-refractivity contribution is 7.98. The molecule has 1 fully saturated rings. The number of ether oxygens (including phenoxy) is 1. The maximum Gasteiger partial charge on any atom is 0.246 e. The van der Waals surface area contributed by atoms with Crippen LogP contribution in [0.2, 0.25) is 0 Å². The lowest BCUT2D eigenvalue weighted by Crippen LogP contribution is -2.62. The predicted octanol–water partition coefficient (Wildman–Crippen LogP) is 4.15. The van der Waals surface area contributed by atoms with Crippen LogP contribution < -0.4 is 47.3 Å². The number of benzene rings is 4. The van der Waals surface area contributed by atoms with Crippen molar-refractivity contribution in [1.29, 1.82) is 0 Å². The summed E-state index contributed by atoms with van der Waals surface area (Å²) in [6, 6.07) is 15.9. The van der Waals surface area contributed by atoms with Gasteiger partial charge in [0.15, 0.2) is 0 Å². The summed E-state index contributed by atoms with van der Waals surface area (Å²) in [5.74, 6) is -4.66. The molecule has 4 aromatic carbocycles. The number of hydrogen-bond donors (Lipinski definition) is 10. The van der Waals surface area contributed by atoms with E-state index in [0.29, 0.717) is 75.7 Å². The van der Waals surface area contributed by atoms with Gasteiger partial charge in [-0.1, -0.05) is 67.6 Å². The van der Waals surface area contributed by atoms with Gasteiger partial charge in [0.2, 0.25) is 53.2 Å². The van der Waals surface area contributed by atoms with Gasteiger partial charge in [-0.05, 0) is 111 Å². The summed E-state index contributed by atoms with van der Waals surface area (Å²) in [6.45, 7) is 8.20. The Balaban J connectivity index is 1.10. The predicted molar refractivity (Wildman–Crippen MR) is 334 cm³/mol. The molecule has 0 spiro atoms. The first-order valence-electron chi connectivity index (χ1n) is 29.5. The Bertz CT molecular complexity index is 3400. The maximum absolute atomic E-state index is 15.0. The number of phenolic OH excluding ortho intramolecular Hbond substituents is 1. The first-order chi connectivity index (χ1) is 42.1. The monoisotopic (exact) mass is 1240 g/mol. The van der Waals surface area contributed by atoms with Gasteiger partial charge in [0, 0.05) is 84.8 Å². The molecule has 8 rings (SSSR count). The van der Waals surface area contributed by atoms with E-state index in [1.54, 1.807) is 92.1 Å². The summed E-state index contributed by atoms with van der Waals surface area (Å²) in [6.07, 6.45) is 5.41. The van der Waals surface area contributed by atoms with Crippen molar-refractivity contribution >= 4 is 87.6 Å². The van der Waals surface area contributed by atoms with Crippen molar-refractivity contribution in [3.8, 4) is 11.5 Å². The first kappa shape index (κ1) is 65.6. The molecule has 6 bridgehead atoms. The summed E-state index contributed by atoms with van der Waals surface area (Å²) >= 11 is 3.18. The number of rotatable bonds is 4. The van der Waals surface area contributed by atoms with E-state index in [2.05, 4.69) is 53.6 Å². The Labute approximate surface area is 519 Å². The molecule has 9 atom stereocenters. The molecule has 3 aliphatic heterocycles. The normalized spacial score (nSPS) is 26.3. The van der Waals surface area contributed by atoms with Gasteiger partial charge in [0.25, 0.3) is 0 Å². The van der Waals surface area contributed by atoms with Crippen molar-refractivity contribution in [3.05, 3.63) is 143 Å². The number of thioether (sulfide) groups is 2. The van der Waals surface area contributed by atoms with Gasteiger partial charge in [-0.2, -0.15) is 23.5 Å². The quantitative estimate of drug-likeness (QED) is 0.113. The molecular formula is C64H77FN10O11S2. The highest BCUT2D eigenvalue weighted by Gasteiger charge is 2.47. The standard InChI is InChI=1S/C64H77FN10O11S2/c1-37-10-8-25-86-48-14-7-11-42(29-48)31-51-59(81)72-52(32-45-34-67-50-20-17-46(65)33-49(45)50)60(82)74-55(37)61(83)70-40(4)58(80)73-53(30-41-15-18-47(76)19-16-41)62(84)75-24-9-22-64(75,5)63(85)66-23-27-88-36-44-13-6-12-43(28-44)35-87-26-21-54(77)68-38(2)56(78)69-39(3)57(79)71-51/h6-8,10-20,28-29,33-34,37-40,51-53,55,67,76H,9,21-27,30-32,35-36H2,1-5H3,(H,66,85)(H,68,77)(H,69,78)(H,70,83)(H,71,79)(H,72,81)(H,73,80)(H,74,82)/b10-8-/t37?,38-,39+,40-,51+,52-,53-,55-,64-/m0/s1. The van der Waals surface area contributed by atoms with Gasteiger partial charge >= 0.3 is 0 Å². The lowest BCUT2D eigenvalue weighted by atomic mass is 9.95. The van der Waals surface area contributed by atoms with E-state index in [9.17, 15) is 52.6 Å². The fourth-order valence-electron chi connectivity index (χ4n) is 10.8. The number of carbonyl (C=O) groups excluding carboxylic acids is 9. The summed E-state index contributed by atoms with van der Waals surface area (Å²) in [7, 11) is 0. The summed E-state index contributed by atoms with van der Waals surface area (Å²) in [5, 5.41) is 32.7. The highest BCUT2D eigenvalue weighted by Crippen LogP contribution is 2.31. The minimum absolute atomic E-state index is 0.00753. The number of phenols is 1. The molecule has 88 heavy (non-hydrogen) atoms. The minimum Gasteiger partial charge on any atom is -0.508 e. The van der Waals surface area contributed by atoms with Crippen molar-refractivity contribution in [1.82, 2.24) is 52.4 Å². The van der Waals surface area contributed by atoms with E-state index in [1.165, 1.54) is 56.0 Å². The molecule has 1 saturated heterocycles. The van der Waals surface area contributed by atoms with E-state index >= 15 is 0 Å². The Morgan fingerprint density at radius 3 is 2.08 bits per heavy atom. The van der Waals surface area contributed by atoms with Crippen LogP contribution in [0.5, 0.6) is 11.5 Å². The number of hydrogen-bond acceptors (Lipinski definition) is 13. The molecule has 10 N–H and O–H groups in total. The number of nitrogens with one attached hydrogen (secondary N) is 9. The molecule has 24 heteroatoms. The number of amides is 9. The van der Waals surface area contributed by atoms with Crippen LogP contribution in [0.25, 0.3) is 10.9 Å². The Morgan fingerprint density at radius 2 is 1.33 bits per heavy atom. The molecule has 0 saturated carbocycles. The van der Waals surface area contributed by atoms with Crippen LogP contribution in [0, 0.1) is 11.7 Å². The van der Waals surface area contributed by atoms with Gasteiger partial charge in [-0.3, -0.25) is 43.2 Å². The molecule has 5 aromatic rings. The lowest BCUT2D eigenvalue weighted by molar-refractivity contribution is -0.146. The van der Waals surface area contributed by atoms with Gasteiger partial charge in [-0.15, -0.1) is 0 Å². The van der Waals surface area contributed by atoms with Crippen LogP contribution in [0.3, 0.4) is 0 Å². The molecule has 1 aromatic heterocycles. The van der Waals surface area contributed by atoms with E-state index < -0.39 is 101 Å². The molecule has 3 aliphatic rings. The number of halogens is 1. The molecule has 468 valence electrons. The largest absolute Gasteiger partial charge is 0.508 e. The van der Waals surface area contributed by atoms with Gasteiger partial charge in [-0.25, -0.2) is 4.39 Å². The number of nitrogens with zero attached hydrogens (tertiary/aromatic N) is 1. The summed E-state index contributed by atoms with van der Waals surface area (Å²) in [4.78, 5) is 133. The van der Waals surface area contributed by atoms with Crippen LogP contribution in [0.4, 0.5) is 4.39 Å². The van der Waals surface area contributed by atoms with Gasteiger partial charge in [0.05, 0.1) is 0 Å². The zero-order valence-electron chi connectivity index (χ0n) is 49.9. The minimum atomic E-state index is -1.50. The second kappa shape index (κ2) is 30.5. The second-order valence-corrected chi connectivity index (χ2v) is 25.0. The Hall–Kier alpha value is -8.38. The molecule has 21 nitrogen and oxygen atoms in total. The van der Waals surface area contributed by atoms with Crippen LogP contribution in [-0.4, -0.2) is 147 Å². The zero-order valence-corrected chi connectivity index (χ0v) is 51.5. The van der Waals surface area contributed by atoms with Crippen molar-refractivity contribution in [3.63, 3.8) is 0 Å². The molecule has 0 radical (unpaired) electrons. The smallest absolute Gasteiger partial charge is 0.246 e. The molecule has 0 aliphatic carbocycles. The average molecular weight is 1250 g/mol. The number of H-pyrrole nitrogens is 1. The molecule has 9 amide bonds. The van der Waals surface area contributed by atoms with Crippen molar-refractivity contribution in [2.45, 2.75) is 132 Å². The van der Waals surface area contributed by atoms with Crippen LogP contribution in [-0.2, 0) is 73.9 Å². The Morgan fingerprint density at radius 1 is 0.670 bits per heavy atom. The number of aromatic nitrogens is 1. The summed E-state index contributed by atoms with van der Waals surface area (Å²) in [5.41, 5.74) is 2.95. The van der Waals surface area contributed by atoms with Crippen LogP contribution in [0.1, 0.15) is 81.7 Å². The van der Waals surface area contributed by atoms with Gasteiger partial charge < -0.3 is 62.3 Å². The highest BCUT2D eigenvalue weighted by atomic mass is 32.2. The number of fused-ring (bicyclic) bond motifs is 12. The molecular weight excluding hydrogens is 1170 g/mol. The third-order valence-electron chi connectivity index (χ3n) is 15.8. The van der Waals surface area contributed by atoms with E-state index in [0.717, 1.165) is 11.1 Å². The third kappa shape index (κ3) is 17.7. The number of aromatic hydroxyl groups is 1. The fraction of sp³-hybridized carbons (Fsp3) is 0.422. The molecule has 1 unspecified atom stereocenters. The van der Waals surface area contributed by atoms with Crippen LogP contribution >= 0.6 is 23.5 Å². The van der Waals surface area contributed by atoms with Crippen molar-refractivity contribution in [2.75, 3.05) is 31.2 Å². The number of carbonyl (C=O) groups is 9. The van der Waals surface area contributed by atoms with Gasteiger partial charge in [0.1, 0.15) is 71.8 Å². The van der Waals surface area contributed by atoms with Crippen molar-refractivity contribution < 1.29 is 57.4 Å². The topological polar surface area (TPSA) is 298 Å². The van der Waals surface area contributed by atoms with E-state index in [1.807, 2.05) is 18.2 Å². The fourth-order valence-corrected chi connectivity index (χ4v) is 12.5. The second-order valence-electron chi connectivity index (χ2n) is 22.7. The SMILES string of the molecule is CC1/C=C\COc2cccc(c2)C[C@H]2NC(=O)[C@@H](C)NC(=O)[C@H](C)NC(=O)CCSCc3cccc(c3)CSCCNC(=O)[C@]3(C)CCCN3C(=O)[C@H](Cc3ccc(O)cc3)NC(=O)[C@H](C)NC(=O)[C@H]1NC(=O)[C@H](Cc1c[nH]c3ccc(F)cc13)NC2=O. The zero-order chi connectivity index (χ0) is 63.1. The first-order valence-corrected chi connectivity index (χ1v) is 31.8.